The molecule has 0 radical (unpaired) electrons. The number of unbranched alkanes of at least 4 members (excludes halogenated alkanes) is 1. The molecule has 0 aliphatic carbocycles. The SMILES string of the molecule is CCCC=COc1ccc(C(=O)Cl)cc1. The second-order valence-corrected chi connectivity index (χ2v) is 3.42. The summed E-state index contributed by atoms with van der Waals surface area (Å²) in [7, 11) is 0. The van der Waals surface area contributed by atoms with E-state index >= 15 is 0 Å². The Morgan fingerprint density at radius 2 is 2.07 bits per heavy atom. The maximum atomic E-state index is 10.8. The van der Waals surface area contributed by atoms with Crippen molar-refractivity contribution in [3.05, 3.63) is 42.2 Å². The molecule has 0 atom stereocenters. The zero-order valence-corrected chi connectivity index (χ0v) is 9.33. The van der Waals surface area contributed by atoms with E-state index in [1.165, 1.54) is 0 Å². The predicted molar refractivity (Wildman–Crippen MR) is 61.3 cm³/mol. The maximum Gasteiger partial charge on any atom is 0.252 e. The quantitative estimate of drug-likeness (QED) is 0.562. The summed E-state index contributed by atoms with van der Waals surface area (Å²) in [6.07, 6.45) is 5.71. The third-order valence-corrected chi connectivity index (χ3v) is 2.06. The molecule has 0 unspecified atom stereocenters. The minimum Gasteiger partial charge on any atom is -0.465 e. The Balaban J connectivity index is 2.53. The van der Waals surface area contributed by atoms with E-state index in [1.807, 2.05) is 6.08 Å². The molecule has 3 heteroatoms. The van der Waals surface area contributed by atoms with E-state index < -0.39 is 5.24 Å². The van der Waals surface area contributed by atoms with E-state index in [0.29, 0.717) is 11.3 Å². The Kier molecular flexibility index (Phi) is 4.91. The molecule has 0 fully saturated rings. The fourth-order valence-corrected chi connectivity index (χ4v) is 1.15. The minimum atomic E-state index is -0.455. The smallest absolute Gasteiger partial charge is 0.252 e. The molecule has 0 saturated carbocycles. The van der Waals surface area contributed by atoms with Gasteiger partial charge in [-0.05, 0) is 48.4 Å². The lowest BCUT2D eigenvalue weighted by Gasteiger charge is -2.00. The average Bonchev–Trinajstić information content (AvgIpc) is 2.25. The first-order valence-corrected chi connectivity index (χ1v) is 5.23. The molecule has 0 amide bonds. The molecular weight excluding hydrogens is 212 g/mol. The van der Waals surface area contributed by atoms with E-state index in [4.69, 9.17) is 16.3 Å². The molecule has 1 aromatic carbocycles. The standard InChI is InChI=1S/C12H13ClO2/c1-2-3-4-9-15-11-7-5-10(6-8-11)12(13)14/h4-9H,2-3H2,1H3. The first-order chi connectivity index (χ1) is 7.24. The van der Waals surface area contributed by atoms with Crippen LogP contribution in [0.4, 0.5) is 0 Å². The number of ether oxygens (including phenoxy) is 1. The summed E-state index contributed by atoms with van der Waals surface area (Å²) >= 11 is 5.31. The molecule has 0 heterocycles. The number of carbonyl (C=O) groups excluding carboxylic acids is 1. The summed E-state index contributed by atoms with van der Waals surface area (Å²) in [5, 5.41) is -0.455. The molecule has 0 N–H and O–H groups in total. The third-order valence-electron chi connectivity index (χ3n) is 1.84. The number of hydrogen-bond acceptors (Lipinski definition) is 2. The average molecular weight is 225 g/mol. The van der Waals surface area contributed by atoms with E-state index in [9.17, 15) is 4.79 Å². The van der Waals surface area contributed by atoms with Crippen molar-refractivity contribution in [3.8, 4) is 5.75 Å². The first-order valence-electron chi connectivity index (χ1n) is 4.85. The topological polar surface area (TPSA) is 26.3 Å². The van der Waals surface area contributed by atoms with Crippen LogP contribution in [0, 0.1) is 0 Å². The molecule has 0 saturated heterocycles. The number of carbonyl (C=O) groups is 1. The lowest BCUT2D eigenvalue weighted by Crippen LogP contribution is -1.88. The van der Waals surface area contributed by atoms with Gasteiger partial charge in [-0.2, -0.15) is 0 Å². The van der Waals surface area contributed by atoms with Gasteiger partial charge in [-0.3, -0.25) is 4.79 Å². The highest BCUT2D eigenvalue weighted by Crippen LogP contribution is 2.13. The molecule has 0 bridgehead atoms. The van der Waals surface area contributed by atoms with Crippen LogP contribution < -0.4 is 4.74 Å². The zero-order chi connectivity index (χ0) is 11.1. The van der Waals surface area contributed by atoms with Crippen LogP contribution in [0.5, 0.6) is 5.75 Å². The minimum absolute atomic E-state index is 0.455. The van der Waals surface area contributed by atoms with Crippen molar-refractivity contribution in [1.29, 1.82) is 0 Å². The summed E-state index contributed by atoms with van der Waals surface area (Å²) in [5.74, 6) is 0.698. The highest BCUT2D eigenvalue weighted by molar-refractivity contribution is 6.67. The van der Waals surface area contributed by atoms with E-state index in [-0.39, 0.29) is 0 Å². The number of halogens is 1. The van der Waals surface area contributed by atoms with Crippen LogP contribution in [0.3, 0.4) is 0 Å². The molecule has 2 nitrogen and oxygen atoms in total. The molecule has 1 aromatic rings. The van der Waals surface area contributed by atoms with E-state index in [1.54, 1.807) is 30.5 Å². The van der Waals surface area contributed by atoms with Crippen molar-refractivity contribution in [2.45, 2.75) is 19.8 Å². The van der Waals surface area contributed by atoms with Crippen LogP contribution in [0.15, 0.2) is 36.6 Å². The summed E-state index contributed by atoms with van der Waals surface area (Å²) in [5.41, 5.74) is 0.474. The number of rotatable bonds is 5. The first kappa shape index (κ1) is 11.8. The number of hydrogen-bond donors (Lipinski definition) is 0. The lowest BCUT2D eigenvalue weighted by atomic mass is 10.2. The van der Waals surface area contributed by atoms with Gasteiger partial charge in [0.05, 0.1) is 6.26 Å². The Morgan fingerprint density at radius 1 is 1.40 bits per heavy atom. The van der Waals surface area contributed by atoms with Gasteiger partial charge in [0, 0.05) is 5.56 Å². The van der Waals surface area contributed by atoms with Gasteiger partial charge in [-0.15, -0.1) is 0 Å². The van der Waals surface area contributed by atoms with Crippen molar-refractivity contribution in [2.24, 2.45) is 0 Å². The van der Waals surface area contributed by atoms with E-state index in [0.717, 1.165) is 12.8 Å². The molecule has 0 aromatic heterocycles. The molecular formula is C12H13ClO2. The van der Waals surface area contributed by atoms with Gasteiger partial charge in [0.1, 0.15) is 5.75 Å². The van der Waals surface area contributed by atoms with Crippen LogP contribution in [0.25, 0.3) is 0 Å². The molecule has 0 aliphatic heterocycles. The van der Waals surface area contributed by atoms with Gasteiger partial charge in [0.15, 0.2) is 0 Å². The van der Waals surface area contributed by atoms with Gasteiger partial charge < -0.3 is 4.74 Å². The second kappa shape index (κ2) is 6.25. The number of allylic oxidation sites excluding steroid dienone is 1. The number of benzene rings is 1. The molecule has 0 spiro atoms. The fourth-order valence-electron chi connectivity index (χ4n) is 1.03. The zero-order valence-electron chi connectivity index (χ0n) is 8.57. The molecule has 1 rings (SSSR count). The van der Waals surface area contributed by atoms with Crippen molar-refractivity contribution >= 4 is 16.8 Å². The molecule has 80 valence electrons. The van der Waals surface area contributed by atoms with Crippen molar-refractivity contribution in [3.63, 3.8) is 0 Å². The third kappa shape index (κ3) is 4.17. The van der Waals surface area contributed by atoms with Crippen molar-refractivity contribution in [1.82, 2.24) is 0 Å². The van der Waals surface area contributed by atoms with Crippen molar-refractivity contribution in [2.75, 3.05) is 0 Å². The van der Waals surface area contributed by atoms with Crippen LogP contribution in [0.1, 0.15) is 30.1 Å². The highest BCUT2D eigenvalue weighted by Gasteiger charge is 2.00. The Bertz CT molecular complexity index is 341. The van der Waals surface area contributed by atoms with Crippen LogP contribution in [0.2, 0.25) is 0 Å². The van der Waals surface area contributed by atoms with Crippen molar-refractivity contribution < 1.29 is 9.53 Å². The lowest BCUT2D eigenvalue weighted by molar-refractivity contribution is 0.108. The Morgan fingerprint density at radius 3 is 2.60 bits per heavy atom. The Labute approximate surface area is 94.5 Å². The maximum absolute atomic E-state index is 10.8. The van der Waals surface area contributed by atoms with Gasteiger partial charge in [-0.25, -0.2) is 0 Å². The predicted octanol–water partition coefficient (Wildman–Crippen LogP) is 3.76. The van der Waals surface area contributed by atoms with Crippen LogP contribution >= 0.6 is 11.6 Å². The van der Waals surface area contributed by atoms with Gasteiger partial charge in [-0.1, -0.05) is 13.3 Å². The second-order valence-electron chi connectivity index (χ2n) is 3.08. The summed E-state index contributed by atoms with van der Waals surface area (Å²) in [6.45, 7) is 2.10. The summed E-state index contributed by atoms with van der Waals surface area (Å²) in [4.78, 5) is 10.8. The van der Waals surface area contributed by atoms with E-state index in [2.05, 4.69) is 6.92 Å². The van der Waals surface area contributed by atoms with Gasteiger partial charge >= 0.3 is 0 Å². The van der Waals surface area contributed by atoms with Crippen LogP contribution in [-0.4, -0.2) is 5.24 Å². The fraction of sp³-hybridized carbons (Fsp3) is 0.250. The Hall–Kier alpha value is -1.28. The van der Waals surface area contributed by atoms with Gasteiger partial charge in [0.25, 0.3) is 5.24 Å². The summed E-state index contributed by atoms with van der Waals surface area (Å²) < 4.78 is 5.31. The molecule has 0 aliphatic rings. The molecule has 15 heavy (non-hydrogen) atoms. The normalized spacial score (nSPS) is 10.5. The monoisotopic (exact) mass is 224 g/mol. The van der Waals surface area contributed by atoms with Crippen LogP contribution in [-0.2, 0) is 0 Å². The highest BCUT2D eigenvalue weighted by atomic mass is 35.5. The largest absolute Gasteiger partial charge is 0.465 e. The van der Waals surface area contributed by atoms with Gasteiger partial charge in [0.2, 0.25) is 0 Å². The summed E-state index contributed by atoms with van der Waals surface area (Å²) in [6, 6.07) is 6.70.